The van der Waals surface area contributed by atoms with Gasteiger partial charge in [-0.05, 0) is 51.7 Å². The molecule has 1 amide bonds. The van der Waals surface area contributed by atoms with Crippen LogP contribution < -0.4 is 0 Å². The van der Waals surface area contributed by atoms with E-state index in [0.29, 0.717) is 13.0 Å². The SMILES string of the molecule is Cc1ccccc1C1CCC(C(=O)O)N(C(=O)OC(C)(C)C)C1. The summed E-state index contributed by atoms with van der Waals surface area (Å²) in [5.41, 5.74) is 1.69. The highest BCUT2D eigenvalue weighted by molar-refractivity contribution is 5.80. The summed E-state index contributed by atoms with van der Waals surface area (Å²) in [5.74, 6) is -0.835. The van der Waals surface area contributed by atoms with Crippen LogP contribution in [0.3, 0.4) is 0 Å². The number of carboxylic acids is 1. The Balaban J connectivity index is 2.23. The van der Waals surface area contributed by atoms with E-state index in [4.69, 9.17) is 4.74 Å². The molecule has 2 atom stereocenters. The van der Waals surface area contributed by atoms with Crippen molar-refractivity contribution in [2.24, 2.45) is 0 Å². The van der Waals surface area contributed by atoms with Crippen LogP contribution in [-0.4, -0.2) is 40.3 Å². The van der Waals surface area contributed by atoms with Gasteiger partial charge >= 0.3 is 12.1 Å². The number of rotatable bonds is 2. The van der Waals surface area contributed by atoms with Crippen molar-refractivity contribution in [1.29, 1.82) is 0 Å². The van der Waals surface area contributed by atoms with E-state index in [0.717, 1.165) is 12.0 Å². The molecule has 126 valence electrons. The Morgan fingerprint density at radius 2 is 1.87 bits per heavy atom. The summed E-state index contributed by atoms with van der Waals surface area (Å²) in [7, 11) is 0. The van der Waals surface area contributed by atoms with Crippen LogP contribution in [0, 0.1) is 6.92 Å². The summed E-state index contributed by atoms with van der Waals surface area (Å²) >= 11 is 0. The number of carboxylic acid groups (broad SMARTS) is 1. The Morgan fingerprint density at radius 1 is 1.22 bits per heavy atom. The number of likely N-dealkylation sites (tertiary alicyclic amines) is 1. The lowest BCUT2D eigenvalue weighted by atomic mass is 9.85. The monoisotopic (exact) mass is 319 g/mol. The van der Waals surface area contributed by atoms with Gasteiger partial charge in [-0.3, -0.25) is 4.90 Å². The molecule has 0 bridgehead atoms. The fraction of sp³-hybridized carbons (Fsp3) is 0.556. The van der Waals surface area contributed by atoms with Gasteiger partial charge in [-0.15, -0.1) is 0 Å². The molecular formula is C18H25NO4. The molecule has 0 aliphatic carbocycles. The van der Waals surface area contributed by atoms with Gasteiger partial charge in [0.15, 0.2) is 0 Å². The lowest BCUT2D eigenvalue weighted by Crippen LogP contribution is -2.51. The Morgan fingerprint density at radius 3 is 2.43 bits per heavy atom. The number of piperidine rings is 1. The summed E-state index contributed by atoms with van der Waals surface area (Å²) in [6.07, 6.45) is 0.637. The minimum Gasteiger partial charge on any atom is -0.480 e. The molecule has 1 fully saturated rings. The summed E-state index contributed by atoms with van der Waals surface area (Å²) in [5, 5.41) is 9.42. The number of carbonyl (C=O) groups excluding carboxylic acids is 1. The highest BCUT2D eigenvalue weighted by Gasteiger charge is 2.38. The molecule has 1 aliphatic heterocycles. The van der Waals surface area contributed by atoms with Crippen LogP contribution in [0.25, 0.3) is 0 Å². The fourth-order valence-electron chi connectivity index (χ4n) is 3.05. The number of aryl methyl sites for hydroxylation is 1. The Labute approximate surface area is 137 Å². The van der Waals surface area contributed by atoms with Crippen molar-refractivity contribution in [1.82, 2.24) is 4.90 Å². The predicted octanol–water partition coefficient (Wildman–Crippen LogP) is 3.56. The summed E-state index contributed by atoms with van der Waals surface area (Å²) < 4.78 is 5.40. The van der Waals surface area contributed by atoms with E-state index in [1.807, 2.05) is 31.2 Å². The summed E-state index contributed by atoms with van der Waals surface area (Å²) in [6.45, 7) is 7.75. The third-order valence-corrected chi connectivity index (χ3v) is 4.12. The van der Waals surface area contributed by atoms with Crippen molar-refractivity contribution < 1.29 is 19.4 Å². The van der Waals surface area contributed by atoms with Gasteiger partial charge < -0.3 is 9.84 Å². The molecule has 1 aliphatic rings. The molecule has 2 unspecified atom stereocenters. The van der Waals surface area contributed by atoms with Gasteiger partial charge in [0.1, 0.15) is 11.6 Å². The molecule has 0 saturated carbocycles. The van der Waals surface area contributed by atoms with Gasteiger partial charge in [0, 0.05) is 12.5 Å². The van der Waals surface area contributed by atoms with Crippen LogP contribution in [0.4, 0.5) is 4.79 Å². The molecule has 0 radical (unpaired) electrons. The van der Waals surface area contributed by atoms with E-state index in [2.05, 4.69) is 0 Å². The zero-order chi connectivity index (χ0) is 17.2. The first-order valence-corrected chi connectivity index (χ1v) is 7.97. The van der Waals surface area contributed by atoms with Crippen LogP contribution in [0.15, 0.2) is 24.3 Å². The second-order valence-corrected chi connectivity index (χ2v) is 7.12. The topological polar surface area (TPSA) is 66.8 Å². The molecule has 1 saturated heterocycles. The highest BCUT2D eigenvalue weighted by Crippen LogP contribution is 2.32. The molecule has 1 aromatic carbocycles. The van der Waals surface area contributed by atoms with Crippen LogP contribution in [0.5, 0.6) is 0 Å². The van der Waals surface area contributed by atoms with Crippen molar-refractivity contribution in [3.8, 4) is 0 Å². The van der Waals surface area contributed by atoms with Gasteiger partial charge in [0.25, 0.3) is 0 Å². The maximum Gasteiger partial charge on any atom is 0.411 e. The van der Waals surface area contributed by atoms with Gasteiger partial charge in [-0.1, -0.05) is 24.3 Å². The van der Waals surface area contributed by atoms with Crippen LogP contribution in [0.1, 0.15) is 50.7 Å². The summed E-state index contributed by atoms with van der Waals surface area (Å²) in [4.78, 5) is 25.3. The first-order valence-electron chi connectivity index (χ1n) is 7.97. The molecule has 1 aromatic rings. The average molecular weight is 319 g/mol. The van der Waals surface area contributed by atoms with Crippen LogP contribution >= 0.6 is 0 Å². The molecule has 5 nitrogen and oxygen atoms in total. The van der Waals surface area contributed by atoms with Crippen LogP contribution in [-0.2, 0) is 9.53 Å². The minimum atomic E-state index is -0.973. The van der Waals surface area contributed by atoms with E-state index in [-0.39, 0.29) is 5.92 Å². The molecule has 23 heavy (non-hydrogen) atoms. The maximum absolute atomic E-state index is 12.4. The quantitative estimate of drug-likeness (QED) is 0.905. The Kier molecular flexibility index (Phi) is 4.97. The number of hydrogen-bond acceptors (Lipinski definition) is 3. The van der Waals surface area contributed by atoms with Crippen molar-refractivity contribution in [2.75, 3.05) is 6.54 Å². The molecular weight excluding hydrogens is 294 g/mol. The number of benzene rings is 1. The van der Waals surface area contributed by atoms with E-state index in [1.165, 1.54) is 10.5 Å². The Bertz CT molecular complexity index is 591. The second kappa shape index (κ2) is 6.60. The maximum atomic E-state index is 12.4. The lowest BCUT2D eigenvalue weighted by molar-refractivity contribution is -0.144. The normalized spacial score (nSPS) is 21.8. The number of nitrogens with zero attached hydrogens (tertiary/aromatic N) is 1. The molecule has 1 heterocycles. The van der Waals surface area contributed by atoms with Crippen molar-refractivity contribution >= 4 is 12.1 Å². The van der Waals surface area contributed by atoms with Crippen molar-refractivity contribution in [3.63, 3.8) is 0 Å². The van der Waals surface area contributed by atoms with Crippen LogP contribution in [0.2, 0.25) is 0 Å². The van der Waals surface area contributed by atoms with E-state index >= 15 is 0 Å². The zero-order valence-corrected chi connectivity index (χ0v) is 14.2. The standard InChI is InChI=1S/C18H25NO4/c1-12-7-5-6-8-14(12)13-9-10-15(16(20)21)19(11-13)17(22)23-18(2,3)4/h5-8,13,15H,9-11H2,1-4H3,(H,20,21). The number of hydrogen-bond donors (Lipinski definition) is 1. The summed E-state index contributed by atoms with van der Waals surface area (Å²) in [6, 6.07) is 7.23. The number of amides is 1. The van der Waals surface area contributed by atoms with E-state index < -0.39 is 23.7 Å². The third-order valence-electron chi connectivity index (χ3n) is 4.12. The minimum absolute atomic E-state index is 0.138. The van der Waals surface area contributed by atoms with Gasteiger partial charge in [-0.2, -0.15) is 0 Å². The van der Waals surface area contributed by atoms with Gasteiger partial charge in [-0.25, -0.2) is 9.59 Å². The second-order valence-electron chi connectivity index (χ2n) is 7.12. The molecule has 2 rings (SSSR count). The smallest absolute Gasteiger partial charge is 0.411 e. The molecule has 0 aromatic heterocycles. The van der Waals surface area contributed by atoms with Gasteiger partial charge in [0.2, 0.25) is 0 Å². The molecule has 1 N–H and O–H groups in total. The largest absolute Gasteiger partial charge is 0.480 e. The Hall–Kier alpha value is -2.04. The third kappa shape index (κ3) is 4.24. The number of aliphatic carboxylic acids is 1. The molecule has 5 heteroatoms. The van der Waals surface area contributed by atoms with Crippen molar-refractivity contribution in [3.05, 3.63) is 35.4 Å². The zero-order valence-electron chi connectivity index (χ0n) is 14.2. The molecule has 0 spiro atoms. The van der Waals surface area contributed by atoms with E-state index in [9.17, 15) is 14.7 Å². The lowest BCUT2D eigenvalue weighted by Gasteiger charge is -2.38. The van der Waals surface area contributed by atoms with E-state index in [1.54, 1.807) is 20.8 Å². The number of ether oxygens (including phenoxy) is 1. The number of carbonyl (C=O) groups is 2. The van der Waals surface area contributed by atoms with Crippen molar-refractivity contribution in [2.45, 2.75) is 58.1 Å². The van der Waals surface area contributed by atoms with Gasteiger partial charge in [0.05, 0.1) is 0 Å². The predicted molar refractivity (Wildman–Crippen MR) is 87.5 cm³/mol. The first kappa shape index (κ1) is 17.3. The average Bonchev–Trinajstić information content (AvgIpc) is 2.45. The fourth-order valence-corrected chi connectivity index (χ4v) is 3.05. The first-order chi connectivity index (χ1) is 10.7. The highest BCUT2D eigenvalue weighted by atomic mass is 16.6.